The molecule has 0 bridgehead atoms. The normalized spacial score (nSPS) is 17.2. The second-order valence-electron chi connectivity index (χ2n) is 10.3. The first-order chi connectivity index (χ1) is 18.2. The summed E-state index contributed by atoms with van der Waals surface area (Å²) in [7, 11) is -4.01. The number of halogens is 1. The van der Waals surface area contributed by atoms with Crippen molar-refractivity contribution in [2.24, 2.45) is 0 Å². The second kappa shape index (κ2) is 10.8. The van der Waals surface area contributed by atoms with E-state index in [1.807, 2.05) is 48.7 Å². The van der Waals surface area contributed by atoms with Crippen molar-refractivity contribution in [2.75, 3.05) is 6.54 Å². The number of sulfonamides is 1. The number of thiophene rings is 1. The Hall–Kier alpha value is -2.72. The number of nitrogens with zero attached hydrogens (tertiary/aromatic N) is 1. The number of H-pyrrole nitrogens is 1. The summed E-state index contributed by atoms with van der Waals surface area (Å²) < 4.78 is 29.9. The minimum atomic E-state index is -4.01. The van der Waals surface area contributed by atoms with Crippen LogP contribution in [-0.2, 0) is 26.7 Å². The van der Waals surface area contributed by atoms with Crippen LogP contribution in [-0.4, -0.2) is 36.4 Å². The van der Waals surface area contributed by atoms with Crippen LogP contribution in [0.15, 0.2) is 71.2 Å². The van der Waals surface area contributed by atoms with Crippen LogP contribution < -0.4 is 10.0 Å². The standard InChI is InChI=1S/C28H31ClN4O3S2/c1-27(33-38(35,36)25-13-12-24(29)37-25,17-20-18-31-22-10-4-3-9-21(20)22)26(34)32-19-28(14-6-2-7-15-28)23-11-5-8-16-30-23/h3-5,8-13,16,18,31,33H,2,6-7,14-15,17,19H2,1H3,(H,32,34)/t27-/m0/s1. The second-order valence-corrected chi connectivity index (χ2v) is 13.9. The largest absolute Gasteiger partial charge is 0.361 e. The molecule has 200 valence electrons. The van der Waals surface area contributed by atoms with E-state index < -0.39 is 15.6 Å². The molecule has 0 radical (unpaired) electrons. The average Bonchev–Trinajstić information content (AvgIpc) is 3.55. The zero-order valence-corrected chi connectivity index (χ0v) is 23.6. The molecule has 3 aromatic heterocycles. The first-order valence-electron chi connectivity index (χ1n) is 12.8. The molecule has 7 nitrogen and oxygen atoms in total. The molecular formula is C28H31ClN4O3S2. The van der Waals surface area contributed by atoms with E-state index in [4.69, 9.17) is 11.6 Å². The molecule has 3 N–H and O–H groups in total. The molecule has 1 aliphatic carbocycles. The molecule has 38 heavy (non-hydrogen) atoms. The molecule has 0 saturated heterocycles. The molecule has 1 aliphatic rings. The van der Waals surface area contributed by atoms with Crippen LogP contribution in [0.1, 0.15) is 50.3 Å². The number of nitrogens with one attached hydrogen (secondary N) is 3. The molecule has 0 unspecified atom stereocenters. The number of aromatic nitrogens is 2. The quantitative estimate of drug-likeness (QED) is 0.244. The van der Waals surface area contributed by atoms with Gasteiger partial charge >= 0.3 is 0 Å². The van der Waals surface area contributed by atoms with Gasteiger partial charge in [0.05, 0.1) is 4.34 Å². The van der Waals surface area contributed by atoms with Crippen LogP contribution in [0.2, 0.25) is 4.34 Å². The molecule has 1 aromatic carbocycles. The van der Waals surface area contributed by atoms with Crippen LogP contribution in [0.3, 0.4) is 0 Å². The SMILES string of the molecule is C[C@@](Cc1c[nH]c2ccccc12)(NS(=O)(=O)c1ccc(Cl)s1)C(=O)NCC1(c2ccccn2)CCCCC1. The van der Waals surface area contributed by atoms with E-state index >= 15 is 0 Å². The van der Waals surface area contributed by atoms with Gasteiger partial charge < -0.3 is 10.3 Å². The Balaban J connectivity index is 1.46. The number of carbonyl (C=O) groups excluding carboxylic acids is 1. The Bertz CT molecular complexity index is 1530. The third-order valence-corrected chi connectivity index (χ3v) is 10.8. The van der Waals surface area contributed by atoms with Gasteiger partial charge in [0, 0.05) is 47.4 Å². The van der Waals surface area contributed by atoms with E-state index in [1.165, 1.54) is 12.1 Å². The number of pyridine rings is 1. The van der Waals surface area contributed by atoms with E-state index in [-0.39, 0.29) is 22.0 Å². The van der Waals surface area contributed by atoms with Crippen molar-refractivity contribution in [1.82, 2.24) is 20.0 Å². The Labute approximate surface area is 232 Å². The highest BCUT2D eigenvalue weighted by Crippen LogP contribution is 2.38. The smallest absolute Gasteiger partial charge is 0.251 e. The summed E-state index contributed by atoms with van der Waals surface area (Å²) in [5, 5.41) is 4.08. The highest BCUT2D eigenvalue weighted by Gasteiger charge is 2.42. The van der Waals surface area contributed by atoms with Crippen LogP contribution in [0, 0.1) is 0 Å². The van der Waals surface area contributed by atoms with Gasteiger partial charge in [0.15, 0.2) is 0 Å². The Morgan fingerprint density at radius 2 is 1.87 bits per heavy atom. The topological polar surface area (TPSA) is 104 Å². The first-order valence-corrected chi connectivity index (χ1v) is 15.4. The fraction of sp³-hybridized carbons (Fsp3) is 0.357. The van der Waals surface area contributed by atoms with Crippen LogP contribution in [0.25, 0.3) is 10.9 Å². The monoisotopic (exact) mass is 570 g/mol. The third-order valence-electron chi connectivity index (χ3n) is 7.50. The number of hydrogen-bond acceptors (Lipinski definition) is 5. The van der Waals surface area contributed by atoms with Crippen molar-refractivity contribution < 1.29 is 13.2 Å². The summed E-state index contributed by atoms with van der Waals surface area (Å²) in [4.78, 5) is 21.8. The van der Waals surface area contributed by atoms with Crippen molar-refractivity contribution in [2.45, 2.75) is 60.6 Å². The van der Waals surface area contributed by atoms with E-state index in [2.05, 4.69) is 20.0 Å². The van der Waals surface area contributed by atoms with Crippen LogP contribution >= 0.6 is 22.9 Å². The fourth-order valence-electron chi connectivity index (χ4n) is 5.48. The highest BCUT2D eigenvalue weighted by molar-refractivity contribution is 7.91. The maximum Gasteiger partial charge on any atom is 0.251 e. The molecular weight excluding hydrogens is 540 g/mol. The van der Waals surface area contributed by atoms with Gasteiger partial charge in [0.1, 0.15) is 9.75 Å². The van der Waals surface area contributed by atoms with Gasteiger partial charge in [-0.25, -0.2) is 8.42 Å². The Morgan fingerprint density at radius 1 is 1.11 bits per heavy atom. The van der Waals surface area contributed by atoms with E-state index in [0.717, 1.165) is 65.6 Å². The van der Waals surface area contributed by atoms with Crippen LogP contribution in [0.5, 0.6) is 0 Å². The summed E-state index contributed by atoms with van der Waals surface area (Å²) >= 11 is 6.99. The average molecular weight is 571 g/mol. The predicted molar refractivity (Wildman–Crippen MR) is 152 cm³/mol. The molecule has 3 heterocycles. The molecule has 0 aliphatic heterocycles. The van der Waals surface area contributed by atoms with Crippen molar-refractivity contribution in [3.05, 3.63) is 82.6 Å². The zero-order valence-electron chi connectivity index (χ0n) is 21.2. The van der Waals surface area contributed by atoms with Gasteiger partial charge in [-0.15, -0.1) is 11.3 Å². The van der Waals surface area contributed by atoms with Gasteiger partial charge in [-0.3, -0.25) is 9.78 Å². The molecule has 1 amide bonds. The lowest BCUT2D eigenvalue weighted by atomic mass is 9.71. The van der Waals surface area contributed by atoms with Crippen molar-refractivity contribution in [3.8, 4) is 0 Å². The molecule has 1 saturated carbocycles. The van der Waals surface area contributed by atoms with Gasteiger partial charge in [0.25, 0.3) is 10.0 Å². The van der Waals surface area contributed by atoms with Gasteiger partial charge in [0.2, 0.25) is 5.91 Å². The molecule has 10 heteroatoms. The van der Waals surface area contributed by atoms with E-state index in [0.29, 0.717) is 10.9 Å². The summed E-state index contributed by atoms with van der Waals surface area (Å²) in [5.41, 5.74) is 1.00. The minimum Gasteiger partial charge on any atom is -0.361 e. The summed E-state index contributed by atoms with van der Waals surface area (Å²) in [6, 6.07) is 16.7. The Morgan fingerprint density at radius 3 is 2.58 bits per heavy atom. The number of hydrogen-bond donors (Lipinski definition) is 3. The van der Waals surface area contributed by atoms with Gasteiger partial charge in [-0.2, -0.15) is 4.72 Å². The highest BCUT2D eigenvalue weighted by atomic mass is 35.5. The lowest BCUT2D eigenvalue weighted by Gasteiger charge is -2.38. The third kappa shape index (κ3) is 5.52. The number of benzene rings is 1. The molecule has 1 fully saturated rings. The van der Waals surface area contributed by atoms with Crippen LogP contribution in [0.4, 0.5) is 0 Å². The predicted octanol–water partition coefficient (Wildman–Crippen LogP) is 5.58. The fourth-order valence-corrected chi connectivity index (χ4v) is 8.34. The number of aromatic amines is 1. The van der Waals surface area contributed by atoms with Gasteiger partial charge in [-0.05, 0) is 55.7 Å². The molecule has 5 rings (SSSR count). The summed E-state index contributed by atoms with van der Waals surface area (Å²) in [6.07, 6.45) is 8.90. The van der Waals surface area contributed by atoms with E-state index in [1.54, 1.807) is 13.1 Å². The summed E-state index contributed by atoms with van der Waals surface area (Å²) in [6.45, 7) is 2.03. The maximum atomic E-state index is 14.0. The number of rotatable bonds is 9. The number of carbonyl (C=O) groups is 1. The van der Waals surface area contributed by atoms with Gasteiger partial charge in [-0.1, -0.05) is 55.1 Å². The maximum absolute atomic E-state index is 14.0. The molecule has 1 atom stereocenters. The lowest BCUT2D eigenvalue weighted by molar-refractivity contribution is -0.126. The number of fused-ring (bicyclic) bond motifs is 1. The first kappa shape index (κ1) is 26.9. The van der Waals surface area contributed by atoms with Crippen molar-refractivity contribution in [3.63, 3.8) is 0 Å². The number of para-hydroxylation sites is 1. The molecule has 4 aromatic rings. The van der Waals surface area contributed by atoms with Crippen molar-refractivity contribution >= 4 is 49.8 Å². The zero-order chi connectivity index (χ0) is 26.8. The lowest BCUT2D eigenvalue weighted by Crippen LogP contribution is -2.59. The Kier molecular flexibility index (Phi) is 7.64. The number of amides is 1. The van der Waals surface area contributed by atoms with E-state index in [9.17, 15) is 13.2 Å². The minimum absolute atomic E-state index is 0.0673. The molecule has 0 spiro atoms. The van der Waals surface area contributed by atoms with Crippen molar-refractivity contribution in [1.29, 1.82) is 0 Å². The summed E-state index contributed by atoms with van der Waals surface area (Å²) in [5.74, 6) is -0.380.